The van der Waals surface area contributed by atoms with E-state index in [2.05, 4.69) is 15.4 Å². The van der Waals surface area contributed by atoms with Gasteiger partial charge < -0.3 is 5.32 Å². The van der Waals surface area contributed by atoms with Crippen LogP contribution in [0.3, 0.4) is 0 Å². The molecule has 9 heteroatoms. The van der Waals surface area contributed by atoms with Gasteiger partial charge in [0.25, 0.3) is 5.91 Å². The molecule has 27 heavy (non-hydrogen) atoms. The lowest BCUT2D eigenvalue weighted by atomic mass is 10.1. The van der Waals surface area contributed by atoms with Crippen LogP contribution in [0.1, 0.15) is 34.5 Å². The fourth-order valence-electron chi connectivity index (χ4n) is 2.64. The summed E-state index contributed by atoms with van der Waals surface area (Å²) in [6.07, 6.45) is 3.05. The maximum Gasteiger partial charge on any atom is 0.252 e. The van der Waals surface area contributed by atoms with Crippen molar-refractivity contribution in [1.29, 1.82) is 0 Å². The second-order valence-electron chi connectivity index (χ2n) is 6.15. The predicted octanol–water partition coefficient (Wildman–Crippen LogP) is 1.71. The van der Waals surface area contributed by atoms with Gasteiger partial charge in [-0.05, 0) is 49.2 Å². The Hall–Kier alpha value is -3.04. The normalized spacial score (nSPS) is 12.6. The number of hydrogen-bond acceptors (Lipinski definition) is 5. The molecule has 0 saturated heterocycles. The quantitative estimate of drug-likeness (QED) is 0.693. The Morgan fingerprint density at radius 3 is 2.48 bits per heavy atom. The molecule has 1 heterocycles. The molecule has 2 aromatic carbocycles. The van der Waals surface area contributed by atoms with Gasteiger partial charge in [-0.3, -0.25) is 4.79 Å². The molecule has 0 aliphatic carbocycles. The minimum absolute atomic E-state index is 0.0944. The number of aromatic nitrogens is 3. The highest BCUT2D eigenvalue weighted by Gasteiger charge is 2.17. The summed E-state index contributed by atoms with van der Waals surface area (Å²) < 4.78 is 24.7. The van der Waals surface area contributed by atoms with Gasteiger partial charge in [0.2, 0.25) is 10.0 Å². The molecule has 3 aromatic rings. The second kappa shape index (κ2) is 7.29. The lowest BCUT2D eigenvalue weighted by Crippen LogP contribution is -2.27. The average molecular weight is 385 g/mol. The molecule has 1 aromatic heterocycles. The third-order valence-corrected chi connectivity index (χ3v) is 5.12. The first-order valence-corrected chi connectivity index (χ1v) is 9.69. The van der Waals surface area contributed by atoms with Crippen LogP contribution in [0.4, 0.5) is 0 Å². The van der Waals surface area contributed by atoms with Crippen LogP contribution in [0.2, 0.25) is 0 Å². The lowest BCUT2D eigenvalue weighted by molar-refractivity contribution is 0.0939. The topological polar surface area (TPSA) is 120 Å². The third kappa shape index (κ3) is 4.21. The number of amides is 1. The number of aryl methyl sites for hydroxylation is 1. The summed E-state index contributed by atoms with van der Waals surface area (Å²) in [6, 6.07) is 11.5. The molecular weight excluding hydrogens is 366 g/mol. The van der Waals surface area contributed by atoms with E-state index in [-0.39, 0.29) is 22.4 Å². The Labute approximate surface area is 157 Å². The molecule has 0 bridgehead atoms. The highest BCUT2D eigenvalue weighted by molar-refractivity contribution is 7.89. The standard InChI is InChI=1S/C18H19N5O3S/c1-12-3-8-16(27(19,25)26)9-17(12)18(24)22-13(2)14-4-6-15(7-5-14)23-11-20-10-21-23/h3-11,13H,1-2H3,(H,22,24)(H2,19,25,26). The van der Waals surface area contributed by atoms with Gasteiger partial charge in [0.05, 0.1) is 16.6 Å². The van der Waals surface area contributed by atoms with E-state index >= 15 is 0 Å². The SMILES string of the molecule is Cc1ccc(S(N)(=O)=O)cc1C(=O)NC(C)c1ccc(-n2cncn2)cc1. The maximum absolute atomic E-state index is 12.6. The number of nitrogens with two attached hydrogens (primary N) is 1. The zero-order chi connectivity index (χ0) is 19.6. The lowest BCUT2D eigenvalue weighted by Gasteiger charge is -2.16. The van der Waals surface area contributed by atoms with Gasteiger partial charge in [-0.15, -0.1) is 0 Å². The number of benzene rings is 2. The van der Waals surface area contributed by atoms with Gasteiger partial charge in [0.1, 0.15) is 12.7 Å². The molecule has 1 atom stereocenters. The first-order valence-electron chi connectivity index (χ1n) is 8.15. The minimum atomic E-state index is -3.88. The summed E-state index contributed by atoms with van der Waals surface area (Å²) in [5.41, 5.74) is 2.68. The van der Waals surface area contributed by atoms with E-state index in [0.29, 0.717) is 5.56 Å². The van der Waals surface area contributed by atoms with Gasteiger partial charge in [-0.25, -0.2) is 23.2 Å². The van der Waals surface area contributed by atoms with Crippen molar-refractivity contribution in [2.24, 2.45) is 5.14 Å². The highest BCUT2D eigenvalue weighted by Crippen LogP contribution is 2.18. The van der Waals surface area contributed by atoms with Crippen molar-refractivity contribution in [2.45, 2.75) is 24.8 Å². The van der Waals surface area contributed by atoms with Crippen LogP contribution in [0.25, 0.3) is 5.69 Å². The van der Waals surface area contributed by atoms with Crippen LogP contribution in [0, 0.1) is 6.92 Å². The summed E-state index contributed by atoms with van der Waals surface area (Å²) in [6.45, 7) is 3.58. The smallest absolute Gasteiger partial charge is 0.252 e. The summed E-state index contributed by atoms with van der Waals surface area (Å²) in [7, 11) is -3.88. The van der Waals surface area contributed by atoms with E-state index in [1.54, 1.807) is 24.0 Å². The Bertz CT molecular complexity index is 1060. The largest absolute Gasteiger partial charge is 0.346 e. The number of rotatable bonds is 5. The molecule has 0 fully saturated rings. The van der Waals surface area contributed by atoms with Crippen LogP contribution in [0.5, 0.6) is 0 Å². The molecule has 1 amide bonds. The number of sulfonamides is 1. The van der Waals surface area contributed by atoms with Gasteiger partial charge in [0.15, 0.2) is 0 Å². The van der Waals surface area contributed by atoms with E-state index in [9.17, 15) is 13.2 Å². The number of primary sulfonamides is 1. The molecule has 3 N–H and O–H groups in total. The van der Waals surface area contributed by atoms with E-state index < -0.39 is 10.0 Å². The molecule has 140 valence electrons. The fraction of sp³-hybridized carbons (Fsp3) is 0.167. The monoisotopic (exact) mass is 385 g/mol. The fourth-order valence-corrected chi connectivity index (χ4v) is 3.18. The van der Waals surface area contributed by atoms with E-state index in [1.807, 2.05) is 31.2 Å². The van der Waals surface area contributed by atoms with Crippen molar-refractivity contribution in [3.63, 3.8) is 0 Å². The third-order valence-electron chi connectivity index (χ3n) is 4.21. The molecule has 0 spiro atoms. The van der Waals surface area contributed by atoms with Crippen LogP contribution in [-0.4, -0.2) is 29.1 Å². The molecule has 3 rings (SSSR count). The van der Waals surface area contributed by atoms with Crippen LogP contribution >= 0.6 is 0 Å². The van der Waals surface area contributed by atoms with Crippen molar-refractivity contribution in [1.82, 2.24) is 20.1 Å². The molecule has 0 saturated carbocycles. The van der Waals surface area contributed by atoms with Crippen LogP contribution in [-0.2, 0) is 10.0 Å². The Kier molecular flexibility index (Phi) is 5.06. The molecular formula is C18H19N5O3S. The van der Waals surface area contributed by atoms with Crippen molar-refractivity contribution in [2.75, 3.05) is 0 Å². The van der Waals surface area contributed by atoms with Crippen LogP contribution < -0.4 is 10.5 Å². The van der Waals surface area contributed by atoms with Crippen molar-refractivity contribution in [3.05, 3.63) is 71.8 Å². The summed E-state index contributed by atoms with van der Waals surface area (Å²) in [5, 5.41) is 12.1. The van der Waals surface area contributed by atoms with Gasteiger partial charge in [-0.2, -0.15) is 5.10 Å². The number of nitrogens with one attached hydrogen (secondary N) is 1. The summed E-state index contributed by atoms with van der Waals surface area (Å²) in [4.78, 5) is 16.4. The van der Waals surface area contributed by atoms with Crippen molar-refractivity contribution >= 4 is 15.9 Å². The Balaban J connectivity index is 1.78. The van der Waals surface area contributed by atoms with E-state index in [1.165, 1.54) is 18.5 Å². The number of hydrogen-bond donors (Lipinski definition) is 2. The molecule has 0 aliphatic heterocycles. The first-order chi connectivity index (χ1) is 12.8. The zero-order valence-corrected chi connectivity index (χ0v) is 15.6. The van der Waals surface area contributed by atoms with Crippen molar-refractivity contribution in [3.8, 4) is 5.69 Å². The molecule has 0 aliphatic rings. The maximum atomic E-state index is 12.6. The molecule has 0 radical (unpaired) electrons. The summed E-state index contributed by atoms with van der Waals surface area (Å²) in [5.74, 6) is -0.370. The van der Waals surface area contributed by atoms with Crippen molar-refractivity contribution < 1.29 is 13.2 Å². The highest BCUT2D eigenvalue weighted by atomic mass is 32.2. The van der Waals surface area contributed by atoms with Crippen LogP contribution in [0.15, 0.2) is 60.0 Å². The Morgan fingerprint density at radius 1 is 1.19 bits per heavy atom. The van der Waals surface area contributed by atoms with Gasteiger partial charge in [0, 0.05) is 5.56 Å². The van der Waals surface area contributed by atoms with E-state index in [4.69, 9.17) is 5.14 Å². The minimum Gasteiger partial charge on any atom is -0.346 e. The van der Waals surface area contributed by atoms with Gasteiger partial charge in [-0.1, -0.05) is 18.2 Å². The second-order valence-corrected chi connectivity index (χ2v) is 7.71. The Morgan fingerprint density at radius 2 is 1.89 bits per heavy atom. The number of carbonyl (C=O) groups is 1. The average Bonchev–Trinajstić information content (AvgIpc) is 3.15. The van der Waals surface area contributed by atoms with Gasteiger partial charge >= 0.3 is 0 Å². The zero-order valence-electron chi connectivity index (χ0n) is 14.8. The number of nitrogens with zero attached hydrogens (tertiary/aromatic N) is 3. The van der Waals surface area contributed by atoms with E-state index in [0.717, 1.165) is 11.3 Å². The molecule has 1 unspecified atom stereocenters. The number of carbonyl (C=O) groups excluding carboxylic acids is 1. The summed E-state index contributed by atoms with van der Waals surface area (Å²) >= 11 is 0. The predicted molar refractivity (Wildman–Crippen MR) is 99.8 cm³/mol. The molecule has 8 nitrogen and oxygen atoms in total. The first kappa shape index (κ1) is 18.7.